The highest BCUT2D eigenvalue weighted by atomic mass is 16.5. The highest BCUT2D eigenvalue weighted by Crippen LogP contribution is 2.40. The number of benzene rings is 2. The minimum atomic E-state index is -0.130. The Morgan fingerprint density at radius 2 is 1.68 bits per heavy atom. The first-order valence-electron chi connectivity index (χ1n) is 12.3. The second-order valence-electron chi connectivity index (χ2n) is 9.18. The molecule has 0 unspecified atom stereocenters. The Morgan fingerprint density at radius 3 is 2.38 bits per heavy atom. The highest BCUT2D eigenvalue weighted by Gasteiger charge is 2.35. The molecular formula is C26H34N6O2. The van der Waals surface area contributed by atoms with Gasteiger partial charge in [-0.05, 0) is 34.9 Å². The third-order valence-electron chi connectivity index (χ3n) is 7.26. The van der Waals surface area contributed by atoms with Gasteiger partial charge in [-0.1, -0.05) is 55.3 Å². The number of hydrogen-bond acceptors (Lipinski definition) is 7. The van der Waals surface area contributed by atoms with E-state index in [4.69, 9.17) is 9.47 Å². The van der Waals surface area contributed by atoms with Crippen LogP contribution in [0.5, 0.6) is 11.5 Å². The van der Waals surface area contributed by atoms with E-state index in [1.807, 2.05) is 35.0 Å². The lowest BCUT2D eigenvalue weighted by Crippen LogP contribution is -2.51. The highest BCUT2D eigenvalue weighted by molar-refractivity contribution is 5.49. The molecule has 1 saturated heterocycles. The lowest BCUT2D eigenvalue weighted by Gasteiger charge is -2.41. The number of ether oxygens (including phenoxy) is 2. The summed E-state index contributed by atoms with van der Waals surface area (Å²) < 4.78 is 13.4. The van der Waals surface area contributed by atoms with E-state index in [1.165, 1.54) is 31.2 Å². The Balaban J connectivity index is 1.49. The molecule has 2 fully saturated rings. The SMILES string of the molecule is COc1cccc([C@H](c2nnnn2Cc2ccccc2)N2CCN(C3CCCC3)CC2)c1OC. The summed E-state index contributed by atoms with van der Waals surface area (Å²) in [5.74, 6) is 2.28. The smallest absolute Gasteiger partial charge is 0.173 e. The molecule has 8 nitrogen and oxygen atoms in total. The van der Waals surface area contributed by atoms with Crippen molar-refractivity contribution in [3.05, 3.63) is 65.5 Å². The molecule has 0 amide bonds. The molecule has 0 bridgehead atoms. The van der Waals surface area contributed by atoms with Crippen LogP contribution in [-0.2, 0) is 6.54 Å². The van der Waals surface area contributed by atoms with Crippen LogP contribution in [0.1, 0.15) is 48.7 Å². The zero-order chi connectivity index (χ0) is 23.3. The number of para-hydroxylation sites is 1. The standard InChI is InChI=1S/C26H34N6O2/c1-33-23-14-8-13-22(25(23)34-2)24(31-17-15-30(16-18-31)21-11-6-7-12-21)26-27-28-29-32(26)19-20-9-4-3-5-10-20/h3-5,8-10,13-14,21,24H,6-7,11-12,15-19H2,1-2H3/t24-/m1/s1. The first-order chi connectivity index (χ1) is 16.8. The van der Waals surface area contributed by atoms with Gasteiger partial charge < -0.3 is 9.47 Å². The molecular weight excluding hydrogens is 428 g/mol. The van der Waals surface area contributed by atoms with E-state index in [1.54, 1.807) is 14.2 Å². The lowest BCUT2D eigenvalue weighted by molar-refractivity contribution is 0.0763. The third kappa shape index (κ3) is 4.65. The van der Waals surface area contributed by atoms with Gasteiger partial charge in [-0.2, -0.15) is 0 Å². The van der Waals surface area contributed by atoms with Gasteiger partial charge in [0.25, 0.3) is 0 Å². The fourth-order valence-corrected chi connectivity index (χ4v) is 5.53. The average molecular weight is 463 g/mol. The molecule has 1 aliphatic heterocycles. The van der Waals surface area contributed by atoms with E-state index >= 15 is 0 Å². The molecule has 0 N–H and O–H groups in total. The normalized spacial score (nSPS) is 18.8. The van der Waals surface area contributed by atoms with Crippen LogP contribution in [0.3, 0.4) is 0 Å². The quantitative estimate of drug-likeness (QED) is 0.508. The maximum absolute atomic E-state index is 5.86. The van der Waals surface area contributed by atoms with Gasteiger partial charge in [0.15, 0.2) is 17.3 Å². The fraction of sp³-hybridized carbons (Fsp3) is 0.500. The Bertz CT molecular complexity index is 1060. The first kappa shape index (κ1) is 22.8. The van der Waals surface area contributed by atoms with E-state index in [0.717, 1.165) is 55.1 Å². The van der Waals surface area contributed by atoms with Crippen LogP contribution in [-0.4, -0.2) is 76.4 Å². The summed E-state index contributed by atoms with van der Waals surface area (Å²) in [4.78, 5) is 5.17. The summed E-state index contributed by atoms with van der Waals surface area (Å²) in [6.45, 7) is 4.66. The van der Waals surface area contributed by atoms with Crippen molar-refractivity contribution in [3.63, 3.8) is 0 Å². The van der Waals surface area contributed by atoms with Gasteiger partial charge in [0.05, 0.1) is 20.8 Å². The molecule has 3 aromatic rings. The number of methoxy groups -OCH3 is 2. The van der Waals surface area contributed by atoms with Crippen molar-refractivity contribution in [2.24, 2.45) is 0 Å². The summed E-state index contributed by atoms with van der Waals surface area (Å²) in [5, 5.41) is 13.0. The van der Waals surface area contributed by atoms with Crippen LogP contribution >= 0.6 is 0 Å². The van der Waals surface area contributed by atoms with E-state index < -0.39 is 0 Å². The van der Waals surface area contributed by atoms with Crippen LogP contribution < -0.4 is 9.47 Å². The Morgan fingerprint density at radius 1 is 0.912 bits per heavy atom. The second-order valence-corrected chi connectivity index (χ2v) is 9.18. The molecule has 1 aromatic heterocycles. The number of rotatable bonds is 8. The molecule has 0 spiro atoms. The summed E-state index contributed by atoms with van der Waals surface area (Å²) in [5.41, 5.74) is 2.19. The molecule has 1 aliphatic carbocycles. The number of hydrogen-bond donors (Lipinski definition) is 0. The minimum absolute atomic E-state index is 0.130. The number of aromatic nitrogens is 4. The van der Waals surface area contributed by atoms with Gasteiger partial charge in [-0.3, -0.25) is 9.80 Å². The van der Waals surface area contributed by atoms with Gasteiger partial charge in [0.2, 0.25) is 0 Å². The van der Waals surface area contributed by atoms with Crippen molar-refractivity contribution >= 4 is 0 Å². The molecule has 0 radical (unpaired) electrons. The molecule has 8 heteroatoms. The van der Waals surface area contributed by atoms with E-state index in [9.17, 15) is 0 Å². The van der Waals surface area contributed by atoms with E-state index in [0.29, 0.717) is 6.54 Å². The van der Waals surface area contributed by atoms with Gasteiger partial charge in [-0.25, -0.2) is 4.68 Å². The third-order valence-corrected chi connectivity index (χ3v) is 7.26. The predicted octanol–water partition coefficient (Wildman–Crippen LogP) is 3.39. The average Bonchev–Trinajstić information content (AvgIpc) is 3.58. The molecule has 34 heavy (non-hydrogen) atoms. The van der Waals surface area contributed by atoms with Crippen molar-refractivity contribution in [2.75, 3.05) is 40.4 Å². The van der Waals surface area contributed by atoms with E-state index in [2.05, 4.69) is 43.5 Å². The molecule has 5 rings (SSSR count). The Kier molecular flexibility index (Phi) is 7.06. The Labute approximate surface area is 201 Å². The monoisotopic (exact) mass is 462 g/mol. The summed E-state index contributed by atoms with van der Waals surface area (Å²) in [6.07, 6.45) is 5.40. The molecule has 2 aliphatic rings. The number of nitrogens with zero attached hydrogens (tertiary/aromatic N) is 6. The van der Waals surface area contributed by atoms with Crippen molar-refractivity contribution in [3.8, 4) is 11.5 Å². The van der Waals surface area contributed by atoms with Crippen molar-refractivity contribution in [1.82, 2.24) is 30.0 Å². The zero-order valence-corrected chi connectivity index (χ0v) is 20.1. The summed E-state index contributed by atoms with van der Waals surface area (Å²) in [7, 11) is 3.37. The molecule has 1 saturated carbocycles. The van der Waals surface area contributed by atoms with Gasteiger partial charge in [0.1, 0.15) is 6.04 Å². The van der Waals surface area contributed by atoms with Crippen LogP contribution in [0.2, 0.25) is 0 Å². The summed E-state index contributed by atoms with van der Waals surface area (Å²) in [6, 6.07) is 17.0. The van der Waals surface area contributed by atoms with E-state index in [-0.39, 0.29) is 6.04 Å². The molecule has 180 valence electrons. The van der Waals surface area contributed by atoms with Gasteiger partial charge in [-0.15, -0.1) is 5.10 Å². The van der Waals surface area contributed by atoms with Crippen LogP contribution in [0.25, 0.3) is 0 Å². The van der Waals surface area contributed by atoms with Gasteiger partial charge >= 0.3 is 0 Å². The lowest BCUT2D eigenvalue weighted by atomic mass is 10.0. The fourth-order valence-electron chi connectivity index (χ4n) is 5.53. The predicted molar refractivity (Wildman–Crippen MR) is 130 cm³/mol. The van der Waals surface area contributed by atoms with Crippen LogP contribution in [0.4, 0.5) is 0 Å². The van der Waals surface area contributed by atoms with Crippen LogP contribution in [0, 0.1) is 0 Å². The van der Waals surface area contributed by atoms with Crippen molar-refractivity contribution in [1.29, 1.82) is 0 Å². The molecule has 1 atom stereocenters. The van der Waals surface area contributed by atoms with Crippen molar-refractivity contribution in [2.45, 2.75) is 44.3 Å². The van der Waals surface area contributed by atoms with Gasteiger partial charge in [0, 0.05) is 37.8 Å². The summed E-state index contributed by atoms with van der Waals surface area (Å²) >= 11 is 0. The zero-order valence-electron chi connectivity index (χ0n) is 20.1. The second kappa shape index (κ2) is 10.5. The molecule has 2 aromatic carbocycles. The minimum Gasteiger partial charge on any atom is -0.493 e. The van der Waals surface area contributed by atoms with Crippen molar-refractivity contribution < 1.29 is 9.47 Å². The number of tetrazole rings is 1. The van der Waals surface area contributed by atoms with Crippen LogP contribution in [0.15, 0.2) is 48.5 Å². The topological polar surface area (TPSA) is 68.5 Å². The number of piperazine rings is 1. The largest absolute Gasteiger partial charge is 0.493 e. The molecule has 2 heterocycles. The Hall–Kier alpha value is -2.97. The maximum Gasteiger partial charge on any atom is 0.173 e. The first-order valence-corrected chi connectivity index (χ1v) is 12.3. The maximum atomic E-state index is 5.86.